The molecule has 142 valence electrons. The highest BCUT2D eigenvalue weighted by molar-refractivity contribution is 5.45. The third-order valence-corrected chi connectivity index (χ3v) is 8.27. The number of allylic oxidation sites excluding steroid dienone is 3. The second-order valence-electron chi connectivity index (χ2n) is 9.02. The number of ether oxygens (including phenoxy) is 2. The number of nitriles is 1. The number of nitrogens with zero attached hydrogens (tertiary/aromatic N) is 1. The van der Waals surface area contributed by atoms with Crippen molar-refractivity contribution in [3.8, 4) is 6.07 Å². The standard InChI is InChI=1S/C22H31NO3/c1-20-9-6-17-16-7-11-22(25-2,26-3)14-15(16)4-5-18(17)19(20)8-10-21(20,24)12-13-23/h6,18-19,24H,4-5,7-12,14H2,1-3H3/t18?,19?,20-,21+/m0/s1. The largest absolute Gasteiger partial charge is 0.388 e. The van der Waals surface area contributed by atoms with Crippen LogP contribution in [0.3, 0.4) is 0 Å². The van der Waals surface area contributed by atoms with Gasteiger partial charge in [-0.3, -0.25) is 0 Å². The van der Waals surface area contributed by atoms with Crippen molar-refractivity contribution in [2.24, 2.45) is 17.3 Å². The Bertz CT molecular complexity index is 699. The summed E-state index contributed by atoms with van der Waals surface area (Å²) in [4.78, 5) is 0. The number of fused-ring (bicyclic) bond motifs is 4. The molecule has 2 unspecified atom stereocenters. The number of aliphatic hydroxyl groups is 1. The van der Waals surface area contributed by atoms with Crippen LogP contribution in [-0.2, 0) is 9.47 Å². The summed E-state index contributed by atoms with van der Waals surface area (Å²) in [6, 6.07) is 2.24. The molecule has 1 saturated carbocycles. The minimum atomic E-state index is -0.822. The second kappa shape index (κ2) is 6.19. The molecule has 4 aliphatic rings. The van der Waals surface area contributed by atoms with Crippen molar-refractivity contribution >= 4 is 0 Å². The van der Waals surface area contributed by atoms with Crippen molar-refractivity contribution in [2.45, 2.75) is 76.1 Å². The quantitative estimate of drug-likeness (QED) is 0.767. The third kappa shape index (κ3) is 2.37. The Morgan fingerprint density at radius 1 is 1.23 bits per heavy atom. The molecule has 4 rings (SSSR count). The van der Waals surface area contributed by atoms with Crippen molar-refractivity contribution in [1.29, 1.82) is 5.26 Å². The zero-order chi connectivity index (χ0) is 18.6. The van der Waals surface area contributed by atoms with Gasteiger partial charge in [-0.25, -0.2) is 0 Å². The summed E-state index contributed by atoms with van der Waals surface area (Å²) in [5.74, 6) is 0.583. The minimum absolute atomic E-state index is 0.160. The zero-order valence-corrected chi connectivity index (χ0v) is 16.3. The molecule has 4 nitrogen and oxygen atoms in total. The summed E-state index contributed by atoms with van der Waals surface area (Å²) in [5, 5.41) is 20.4. The van der Waals surface area contributed by atoms with E-state index in [0.29, 0.717) is 11.8 Å². The number of methoxy groups -OCH3 is 2. The molecule has 4 heteroatoms. The molecule has 0 aromatic carbocycles. The Hall–Kier alpha value is -1.15. The highest BCUT2D eigenvalue weighted by atomic mass is 16.7. The summed E-state index contributed by atoms with van der Waals surface area (Å²) in [7, 11) is 3.50. The first-order chi connectivity index (χ1) is 12.4. The van der Waals surface area contributed by atoms with Crippen molar-refractivity contribution in [1.82, 2.24) is 0 Å². The number of rotatable bonds is 3. The summed E-state index contributed by atoms with van der Waals surface area (Å²) in [5.41, 5.74) is 3.61. The lowest BCUT2D eigenvalue weighted by atomic mass is 9.56. The molecule has 1 N–H and O–H groups in total. The van der Waals surface area contributed by atoms with Gasteiger partial charge in [0.15, 0.2) is 5.79 Å². The maximum Gasteiger partial charge on any atom is 0.171 e. The van der Waals surface area contributed by atoms with Crippen LogP contribution in [0, 0.1) is 28.6 Å². The number of hydrogen-bond donors (Lipinski definition) is 1. The molecule has 0 spiro atoms. The highest BCUT2D eigenvalue weighted by Gasteiger charge is 2.60. The summed E-state index contributed by atoms with van der Waals surface area (Å²) < 4.78 is 11.4. The first-order valence-electron chi connectivity index (χ1n) is 10.0. The van der Waals surface area contributed by atoms with E-state index in [1.807, 2.05) is 0 Å². The maximum atomic E-state index is 11.2. The van der Waals surface area contributed by atoms with Crippen molar-refractivity contribution in [2.75, 3.05) is 14.2 Å². The molecule has 0 amide bonds. The van der Waals surface area contributed by atoms with Crippen molar-refractivity contribution in [3.63, 3.8) is 0 Å². The van der Waals surface area contributed by atoms with E-state index in [2.05, 4.69) is 19.1 Å². The van der Waals surface area contributed by atoms with E-state index in [4.69, 9.17) is 9.47 Å². The molecular weight excluding hydrogens is 326 g/mol. The molecule has 0 radical (unpaired) electrons. The Kier molecular flexibility index (Phi) is 4.34. The smallest absolute Gasteiger partial charge is 0.171 e. The van der Waals surface area contributed by atoms with Gasteiger partial charge in [-0.1, -0.05) is 18.6 Å². The average molecular weight is 357 g/mol. The SMILES string of the molecule is COC1(OC)CCC2=C(CCC3C2=CC[C@@]2(C)C3CC[C@@]2(O)CC#N)C1. The van der Waals surface area contributed by atoms with E-state index >= 15 is 0 Å². The Labute approximate surface area is 156 Å². The lowest BCUT2D eigenvalue weighted by molar-refractivity contribution is -0.212. The van der Waals surface area contributed by atoms with Crippen molar-refractivity contribution in [3.05, 3.63) is 22.8 Å². The minimum Gasteiger partial charge on any atom is -0.388 e. The van der Waals surface area contributed by atoms with E-state index in [9.17, 15) is 10.4 Å². The van der Waals surface area contributed by atoms with Gasteiger partial charge in [-0.2, -0.15) is 5.26 Å². The first-order valence-corrected chi connectivity index (χ1v) is 10.0. The molecular formula is C22H31NO3. The van der Waals surface area contributed by atoms with Gasteiger partial charge in [0.1, 0.15) is 0 Å². The van der Waals surface area contributed by atoms with E-state index in [-0.39, 0.29) is 11.8 Å². The van der Waals surface area contributed by atoms with Gasteiger partial charge in [0.25, 0.3) is 0 Å². The lowest BCUT2D eigenvalue weighted by Gasteiger charge is -2.51. The fourth-order valence-electron chi connectivity index (χ4n) is 6.51. The predicted molar refractivity (Wildman–Crippen MR) is 99.1 cm³/mol. The topological polar surface area (TPSA) is 62.5 Å². The fourth-order valence-corrected chi connectivity index (χ4v) is 6.51. The Morgan fingerprint density at radius 3 is 2.69 bits per heavy atom. The van der Waals surface area contributed by atoms with E-state index < -0.39 is 11.4 Å². The summed E-state index contributed by atoms with van der Waals surface area (Å²) in [6.07, 6.45) is 10.4. The summed E-state index contributed by atoms with van der Waals surface area (Å²) >= 11 is 0. The van der Waals surface area contributed by atoms with E-state index in [0.717, 1.165) is 51.4 Å². The van der Waals surface area contributed by atoms with Crippen LogP contribution in [0.5, 0.6) is 0 Å². The van der Waals surface area contributed by atoms with Gasteiger partial charge in [0.2, 0.25) is 0 Å². The Balaban J connectivity index is 1.67. The van der Waals surface area contributed by atoms with Crippen LogP contribution in [0.4, 0.5) is 0 Å². The summed E-state index contributed by atoms with van der Waals surface area (Å²) in [6.45, 7) is 2.22. The lowest BCUT2D eigenvalue weighted by Crippen LogP contribution is -2.49. The van der Waals surface area contributed by atoms with Crippen LogP contribution >= 0.6 is 0 Å². The van der Waals surface area contributed by atoms with Gasteiger partial charge in [-0.15, -0.1) is 0 Å². The van der Waals surface area contributed by atoms with Crippen LogP contribution in [0.15, 0.2) is 22.8 Å². The fraction of sp³-hybridized carbons (Fsp3) is 0.773. The van der Waals surface area contributed by atoms with Crippen molar-refractivity contribution < 1.29 is 14.6 Å². The molecule has 0 heterocycles. The Morgan fingerprint density at radius 2 is 2.00 bits per heavy atom. The van der Waals surface area contributed by atoms with Crippen LogP contribution in [0.2, 0.25) is 0 Å². The monoisotopic (exact) mass is 357 g/mol. The van der Waals surface area contributed by atoms with Gasteiger partial charge < -0.3 is 14.6 Å². The van der Waals surface area contributed by atoms with E-state index in [1.165, 1.54) is 11.1 Å². The predicted octanol–water partition coefficient (Wildman–Crippen LogP) is 4.26. The zero-order valence-electron chi connectivity index (χ0n) is 16.3. The van der Waals surface area contributed by atoms with Gasteiger partial charge in [-0.05, 0) is 61.5 Å². The molecule has 1 fully saturated rings. The van der Waals surface area contributed by atoms with Crippen LogP contribution in [-0.4, -0.2) is 30.7 Å². The maximum absolute atomic E-state index is 11.2. The third-order valence-electron chi connectivity index (χ3n) is 8.27. The molecule has 0 aliphatic heterocycles. The molecule has 0 aromatic rings. The van der Waals surface area contributed by atoms with Crippen LogP contribution in [0.1, 0.15) is 64.7 Å². The molecule has 0 bridgehead atoms. The average Bonchev–Trinajstić information content (AvgIpc) is 2.92. The number of hydrogen-bond acceptors (Lipinski definition) is 4. The highest BCUT2D eigenvalue weighted by Crippen LogP contribution is 2.63. The van der Waals surface area contributed by atoms with Crippen LogP contribution < -0.4 is 0 Å². The van der Waals surface area contributed by atoms with Gasteiger partial charge in [0, 0.05) is 32.5 Å². The second-order valence-corrected chi connectivity index (χ2v) is 9.02. The molecule has 4 aliphatic carbocycles. The van der Waals surface area contributed by atoms with Gasteiger partial charge >= 0.3 is 0 Å². The van der Waals surface area contributed by atoms with Crippen LogP contribution in [0.25, 0.3) is 0 Å². The first kappa shape index (κ1) is 18.2. The van der Waals surface area contributed by atoms with Gasteiger partial charge in [0.05, 0.1) is 18.1 Å². The molecule has 0 saturated heterocycles. The normalized spacial score (nSPS) is 41.0. The molecule has 26 heavy (non-hydrogen) atoms. The molecule has 0 aromatic heterocycles. The molecule has 4 atom stereocenters. The van der Waals surface area contributed by atoms with E-state index in [1.54, 1.807) is 19.8 Å².